The van der Waals surface area contributed by atoms with Crippen molar-refractivity contribution in [2.45, 2.75) is 15.0 Å². The van der Waals surface area contributed by atoms with Crippen molar-refractivity contribution in [1.29, 1.82) is 0 Å². The maximum absolute atomic E-state index is 13.2. The van der Waals surface area contributed by atoms with Gasteiger partial charge < -0.3 is 5.32 Å². The molecule has 1 nitrogen and oxygen atoms in total. The molecule has 0 amide bonds. The highest BCUT2D eigenvalue weighted by atomic mass is 35.5. The number of hydrogen-bond donors (Lipinski definition) is 1. The first-order valence-electron chi connectivity index (χ1n) is 3.56. The molecule has 0 aromatic carbocycles. The molecule has 1 aliphatic rings. The summed E-state index contributed by atoms with van der Waals surface area (Å²) >= 11 is 20.5. The van der Waals surface area contributed by atoms with Gasteiger partial charge in [0.05, 0.1) is 0 Å². The molecule has 8 heteroatoms. The Morgan fingerprint density at radius 3 is 2.07 bits per heavy atom. The minimum atomic E-state index is -4.07. The lowest BCUT2D eigenvalue weighted by Crippen LogP contribution is -2.40. The van der Waals surface area contributed by atoms with Crippen LogP contribution in [-0.2, 0) is 0 Å². The lowest BCUT2D eigenvalue weighted by Gasteiger charge is -2.27. The Morgan fingerprint density at radius 1 is 1.20 bits per heavy atom. The summed E-state index contributed by atoms with van der Waals surface area (Å²) in [5.74, 6) is -4.07. The van der Waals surface area contributed by atoms with Crippen LogP contribution in [0, 0.1) is 0 Å². The van der Waals surface area contributed by atoms with E-state index in [1.54, 1.807) is 0 Å². The van der Waals surface area contributed by atoms with Gasteiger partial charge in [0.1, 0.15) is 0 Å². The van der Waals surface area contributed by atoms with E-state index in [4.69, 9.17) is 46.4 Å². The van der Waals surface area contributed by atoms with Crippen molar-refractivity contribution >= 4 is 46.4 Å². The van der Waals surface area contributed by atoms with E-state index in [0.717, 1.165) is 18.4 Å². The van der Waals surface area contributed by atoms with Crippen LogP contribution in [0.2, 0.25) is 0 Å². The molecule has 0 atom stereocenters. The van der Waals surface area contributed by atoms with E-state index in [2.05, 4.69) is 5.32 Å². The minimum Gasteiger partial charge on any atom is -0.357 e. The third kappa shape index (κ3) is 2.87. The van der Waals surface area contributed by atoms with E-state index in [1.165, 1.54) is 0 Å². The van der Waals surface area contributed by atoms with Crippen molar-refractivity contribution < 1.29 is 13.2 Å². The fourth-order valence-electron chi connectivity index (χ4n) is 0.824. The molecule has 0 fully saturated rings. The van der Waals surface area contributed by atoms with E-state index in [1.807, 2.05) is 0 Å². The summed E-state index contributed by atoms with van der Waals surface area (Å²) in [6.45, 7) is 0. The molecule has 1 N–H and O–H groups in total. The van der Waals surface area contributed by atoms with Gasteiger partial charge >= 0.3 is 10.5 Å². The molecule has 0 spiro atoms. The highest BCUT2D eigenvalue weighted by molar-refractivity contribution is 6.49. The van der Waals surface area contributed by atoms with Gasteiger partial charge in [-0.1, -0.05) is 52.5 Å². The Balaban J connectivity index is 2.94. The summed E-state index contributed by atoms with van der Waals surface area (Å²) in [5.41, 5.74) is -0.757. The summed E-state index contributed by atoms with van der Waals surface area (Å²) in [6, 6.07) is 0. The standard InChI is InChI=1S/C7H4Cl4F3N/c8-5(9)2-1-4(3-15-5)6(12,13)7(10,11)14/h1-3,15H. The normalized spacial score (nSPS) is 20.9. The van der Waals surface area contributed by atoms with E-state index in [-0.39, 0.29) is 0 Å². The second-order valence-electron chi connectivity index (χ2n) is 2.77. The molecule has 15 heavy (non-hydrogen) atoms. The van der Waals surface area contributed by atoms with Gasteiger partial charge in [0.15, 0.2) is 0 Å². The van der Waals surface area contributed by atoms with Gasteiger partial charge in [0.2, 0.25) is 4.46 Å². The molecule has 1 heterocycles. The molecule has 0 aliphatic carbocycles. The van der Waals surface area contributed by atoms with Crippen LogP contribution in [0.25, 0.3) is 0 Å². The summed E-state index contributed by atoms with van der Waals surface area (Å²) in [6.07, 6.45) is 2.60. The molecule has 1 rings (SSSR count). The summed E-state index contributed by atoms with van der Waals surface area (Å²) in [4.78, 5) is 0. The van der Waals surface area contributed by atoms with Gasteiger partial charge in [-0.3, -0.25) is 0 Å². The summed E-state index contributed by atoms with van der Waals surface area (Å²) in [7, 11) is 0. The van der Waals surface area contributed by atoms with E-state index >= 15 is 0 Å². The van der Waals surface area contributed by atoms with Crippen LogP contribution >= 0.6 is 46.4 Å². The first-order chi connectivity index (χ1) is 6.56. The van der Waals surface area contributed by atoms with Gasteiger partial charge in [0.25, 0.3) is 0 Å². The van der Waals surface area contributed by atoms with Gasteiger partial charge in [-0.05, 0) is 6.08 Å². The van der Waals surface area contributed by atoms with Gasteiger partial charge in [-0.25, -0.2) is 4.39 Å². The number of alkyl halides is 7. The first-order valence-corrected chi connectivity index (χ1v) is 5.07. The average molecular weight is 301 g/mol. The van der Waals surface area contributed by atoms with Gasteiger partial charge in [0, 0.05) is 11.8 Å². The highest BCUT2D eigenvalue weighted by Gasteiger charge is 2.55. The van der Waals surface area contributed by atoms with Crippen molar-refractivity contribution in [2.75, 3.05) is 0 Å². The SMILES string of the molecule is FC(Cl)(Cl)C(F)(F)C1=CNC(Cl)(Cl)C=C1. The third-order valence-corrected chi connectivity index (χ3v) is 2.56. The zero-order chi connectivity index (χ0) is 11.9. The summed E-state index contributed by atoms with van der Waals surface area (Å²) in [5, 5.41) is 2.20. The Kier molecular flexibility index (Phi) is 3.47. The van der Waals surface area contributed by atoms with Crippen LogP contribution in [0.4, 0.5) is 13.2 Å². The molecule has 0 bridgehead atoms. The number of allylic oxidation sites excluding steroid dienone is 2. The second-order valence-corrected chi connectivity index (χ2v) is 5.39. The predicted molar refractivity (Wildman–Crippen MR) is 55.3 cm³/mol. The Hall–Kier alpha value is 0.230. The van der Waals surface area contributed by atoms with Crippen molar-refractivity contribution in [2.24, 2.45) is 0 Å². The second kappa shape index (κ2) is 3.91. The van der Waals surface area contributed by atoms with Crippen molar-refractivity contribution in [3.8, 4) is 0 Å². The number of hydrogen-bond acceptors (Lipinski definition) is 1. The van der Waals surface area contributed by atoms with Crippen LogP contribution in [0.1, 0.15) is 0 Å². The van der Waals surface area contributed by atoms with Crippen LogP contribution in [0.15, 0.2) is 23.9 Å². The zero-order valence-electron chi connectivity index (χ0n) is 6.88. The number of dihydropyridines is 1. The minimum absolute atomic E-state index is 0.749. The molecular weight excluding hydrogens is 297 g/mol. The smallest absolute Gasteiger partial charge is 0.336 e. The Labute approximate surface area is 104 Å². The average Bonchev–Trinajstić information content (AvgIpc) is 2.01. The van der Waals surface area contributed by atoms with Crippen LogP contribution in [0.3, 0.4) is 0 Å². The lowest BCUT2D eigenvalue weighted by molar-refractivity contribution is -0.0204. The quantitative estimate of drug-likeness (QED) is 0.602. The molecular formula is C7H4Cl4F3N. The van der Waals surface area contributed by atoms with Crippen LogP contribution in [-0.4, -0.2) is 15.0 Å². The molecule has 0 saturated heterocycles. The molecule has 0 aromatic heterocycles. The number of halogens is 7. The van der Waals surface area contributed by atoms with Crippen molar-refractivity contribution in [1.82, 2.24) is 5.32 Å². The van der Waals surface area contributed by atoms with E-state index < -0.39 is 20.5 Å². The molecule has 0 radical (unpaired) electrons. The zero-order valence-corrected chi connectivity index (χ0v) is 9.90. The highest BCUT2D eigenvalue weighted by Crippen LogP contribution is 2.46. The van der Waals surface area contributed by atoms with Crippen molar-refractivity contribution in [3.63, 3.8) is 0 Å². The van der Waals surface area contributed by atoms with E-state index in [9.17, 15) is 13.2 Å². The molecule has 0 aromatic rings. The largest absolute Gasteiger partial charge is 0.357 e. The topological polar surface area (TPSA) is 12.0 Å². The van der Waals surface area contributed by atoms with Gasteiger partial charge in [-0.15, -0.1) is 0 Å². The monoisotopic (exact) mass is 299 g/mol. The first kappa shape index (κ1) is 13.3. The molecule has 1 aliphatic heterocycles. The lowest BCUT2D eigenvalue weighted by atomic mass is 10.1. The maximum atomic E-state index is 13.2. The fraction of sp³-hybridized carbons (Fsp3) is 0.429. The number of nitrogens with one attached hydrogen (secondary N) is 1. The maximum Gasteiger partial charge on any atom is 0.336 e. The van der Waals surface area contributed by atoms with Crippen LogP contribution in [0.5, 0.6) is 0 Å². The Bertz CT molecular complexity index is 319. The molecule has 86 valence electrons. The van der Waals surface area contributed by atoms with Crippen molar-refractivity contribution in [3.05, 3.63) is 23.9 Å². The Morgan fingerprint density at radius 2 is 1.73 bits per heavy atom. The third-order valence-electron chi connectivity index (χ3n) is 1.61. The molecule has 0 saturated carbocycles. The van der Waals surface area contributed by atoms with Crippen LogP contribution < -0.4 is 5.32 Å². The van der Waals surface area contributed by atoms with Gasteiger partial charge in [-0.2, -0.15) is 8.78 Å². The van der Waals surface area contributed by atoms with E-state index in [0.29, 0.717) is 0 Å². The number of rotatable bonds is 2. The summed E-state index contributed by atoms with van der Waals surface area (Å²) < 4.78 is 33.9. The predicted octanol–water partition coefficient (Wildman–Crippen LogP) is 3.90. The fourth-order valence-corrected chi connectivity index (χ4v) is 1.28. The molecule has 0 unspecified atom stereocenters.